The van der Waals surface area contributed by atoms with Crippen LogP contribution in [0.1, 0.15) is 54.4 Å². The van der Waals surface area contributed by atoms with Gasteiger partial charge in [-0.2, -0.15) is 10.8 Å². The number of rotatable bonds is 3. The fourth-order valence-electron chi connectivity index (χ4n) is 1.03. The van der Waals surface area contributed by atoms with Crippen LogP contribution in [0.2, 0.25) is 0 Å². The Morgan fingerprint density at radius 3 is 0.933 bits per heavy atom. The van der Waals surface area contributed by atoms with Crippen LogP contribution in [-0.4, -0.2) is 0 Å². The Kier molecular flexibility index (Phi) is 22.1. The van der Waals surface area contributed by atoms with E-state index in [-0.39, 0.29) is 98.1 Å². The Bertz CT molecular complexity index is 104. The van der Waals surface area contributed by atoms with Crippen molar-refractivity contribution < 1.29 is 98.1 Å². The third kappa shape index (κ3) is 26.8. The van der Waals surface area contributed by atoms with Crippen LogP contribution in [0.5, 0.6) is 0 Å². The molecule has 0 fully saturated rings. The second-order valence-corrected chi connectivity index (χ2v) is 5.72. The smallest absolute Gasteiger partial charge is 0 e. The monoisotopic (exact) mass is 435 g/mol. The number of unbranched alkanes of at least 4 members (excludes halogenated alkanes) is 1. The van der Waals surface area contributed by atoms with E-state index in [1.165, 1.54) is 12.8 Å². The van der Waals surface area contributed by atoms with E-state index in [2.05, 4.69) is 54.4 Å². The average Bonchev–Trinajstić information content (AvgIpc) is 1.76. The van der Waals surface area contributed by atoms with Gasteiger partial charge >= 0.3 is 0 Å². The summed E-state index contributed by atoms with van der Waals surface area (Å²) in [7, 11) is 0. The Morgan fingerprint density at radius 1 is 0.600 bits per heavy atom. The van der Waals surface area contributed by atoms with Crippen LogP contribution in [0.3, 0.4) is 0 Å². The van der Waals surface area contributed by atoms with Crippen molar-refractivity contribution in [1.29, 1.82) is 0 Å². The second-order valence-electron chi connectivity index (χ2n) is 5.72. The van der Waals surface area contributed by atoms with Gasteiger partial charge in [0.25, 0.3) is 0 Å². The number of hydrogen-bond donors (Lipinski definition) is 0. The summed E-state index contributed by atoms with van der Waals surface area (Å²) in [5.74, 6) is 0. The first kappa shape index (κ1) is 26.8. The Balaban J connectivity index is -0.000000202. The minimum absolute atomic E-state index is 0. The molecular formula is C12H24Y3-2. The molecule has 15 heavy (non-hydrogen) atoms. The normalized spacial score (nSPS) is 10.8. The van der Waals surface area contributed by atoms with Crippen LogP contribution in [0.15, 0.2) is 0 Å². The van der Waals surface area contributed by atoms with Crippen LogP contribution in [0.4, 0.5) is 0 Å². The number of hydrogen-bond acceptors (Lipinski definition) is 0. The SMILES string of the molecule is CC(C)(C)[CH-]CC[CH-]C(C)(C)C.[Y].[Y].[Y]. The summed E-state index contributed by atoms with van der Waals surface area (Å²) in [6.07, 6.45) is 7.21. The zero-order chi connectivity index (χ0) is 9.83. The standard InChI is InChI=1S/C12H24.3Y/c1-11(2,3)9-7-8-10-12(4,5)6;;;/h9-10H,7-8H2,1-6H3;;;/q-2;;;. The van der Waals surface area contributed by atoms with Gasteiger partial charge in [0.05, 0.1) is 0 Å². The van der Waals surface area contributed by atoms with Crippen LogP contribution in [0.25, 0.3) is 0 Å². The summed E-state index contributed by atoms with van der Waals surface area (Å²) in [4.78, 5) is 0. The molecule has 0 heterocycles. The van der Waals surface area contributed by atoms with E-state index in [1.807, 2.05) is 0 Å². The molecule has 0 atom stereocenters. The zero-order valence-electron chi connectivity index (χ0n) is 11.3. The first-order valence-corrected chi connectivity index (χ1v) is 4.89. The predicted octanol–water partition coefficient (Wildman–Crippen LogP) is 4.26. The maximum Gasteiger partial charge on any atom is 0 e. The van der Waals surface area contributed by atoms with E-state index >= 15 is 0 Å². The van der Waals surface area contributed by atoms with E-state index in [0.29, 0.717) is 10.8 Å². The molecule has 0 aromatic heterocycles. The Hall–Kier alpha value is 3.31. The van der Waals surface area contributed by atoms with E-state index < -0.39 is 0 Å². The molecule has 0 rings (SSSR count). The summed E-state index contributed by atoms with van der Waals surface area (Å²) in [6, 6.07) is 0. The van der Waals surface area contributed by atoms with Crippen molar-refractivity contribution in [2.45, 2.75) is 54.4 Å². The van der Waals surface area contributed by atoms with Gasteiger partial charge in [0.2, 0.25) is 0 Å². The molecule has 0 aliphatic rings. The summed E-state index contributed by atoms with van der Waals surface area (Å²) in [6.45, 7) is 13.5. The van der Waals surface area contributed by atoms with Gasteiger partial charge in [-0.05, 0) is 0 Å². The van der Waals surface area contributed by atoms with Crippen LogP contribution < -0.4 is 0 Å². The van der Waals surface area contributed by atoms with Crippen LogP contribution >= 0.6 is 0 Å². The first-order valence-electron chi connectivity index (χ1n) is 4.89. The summed E-state index contributed by atoms with van der Waals surface area (Å²) in [5.41, 5.74) is 0.761. The molecule has 0 bridgehead atoms. The minimum Gasteiger partial charge on any atom is -0.326 e. The van der Waals surface area contributed by atoms with Crippen molar-refractivity contribution in [2.75, 3.05) is 0 Å². The molecule has 0 aliphatic heterocycles. The van der Waals surface area contributed by atoms with Crippen LogP contribution in [-0.2, 0) is 98.1 Å². The van der Waals surface area contributed by atoms with E-state index in [1.54, 1.807) is 0 Å². The van der Waals surface area contributed by atoms with E-state index in [9.17, 15) is 0 Å². The van der Waals surface area contributed by atoms with Gasteiger partial charge in [0.15, 0.2) is 0 Å². The molecule has 0 aliphatic carbocycles. The quantitative estimate of drug-likeness (QED) is 0.460. The topological polar surface area (TPSA) is 0 Å². The summed E-state index contributed by atoms with van der Waals surface area (Å²) >= 11 is 0. The van der Waals surface area contributed by atoms with Gasteiger partial charge in [-0.3, -0.25) is 0 Å². The van der Waals surface area contributed by atoms with Gasteiger partial charge < -0.3 is 12.8 Å². The van der Waals surface area contributed by atoms with Crippen molar-refractivity contribution in [3.05, 3.63) is 12.8 Å². The van der Waals surface area contributed by atoms with E-state index in [4.69, 9.17) is 0 Å². The van der Waals surface area contributed by atoms with Gasteiger partial charge in [-0.25, -0.2) is 12.8 Å². The molecule has 0 spiro atoms. The third-order valence-electron chi connectivity index (χ3n) is 1.68. The van der Waals surface area contributed by atoms with Crippen molar-refractivity contribution >= 4 is 0 Å². The molecule has 0 aromatic carbocycles. The molecule has 0 saturated carbocycles. The zero-order valence-corrected chi connectivity index (χ0v) is 19.8. The predicted molar refractivity (Wildman–Crippen MR) is 56.7 cm³/mol. The molecule has 0 aromatic rings. The maximum atomic E-state index is 2.40. The largest absolute Gasteiger partial charge is 0.326 e. The fraction of sp³-hybridized carbons (Fsp3) is 0.833. The molecule has 0 N–H and O–H groups in total. The molecule has 83 valence electrons. The minimum atomic E-state index is 0. The van der Waals surface area contributed by atoms with Gasteiger partial charge in [-0.1, -0.05) is 41.5 Å². The molecule has 0 unspecified atom stereocenters. The molecule has 0 amide bonds. The van der Waals surface area contributed by atoms with Gasteiger partial charge in [0, 0.05) is 98.1 Å². The summed E-state index contributed by atoms with van der Waals surface area (Å²) < 4.78 is 0. The average molecular weight is 435 g/mol. The molecular weight excluding hydrogens is 411 g/mol. The molecule has 0 nitrogen and oxygen atoms in total. The van der Waals surface area contributed by atoms with Crippen molar-refractivity contribution in [1.82, 2.24) is 0 Å². The van der Waals surface area contributed by atoms with Gasteiger partial charge in [-0.15, -0.1) is 0 Å². The molecule has 3 heteroatoms. The van der Waals surface area contributed by atoms with Crippen molar-refractivity contribution in [3.8, 4) is 0 Å². The Morgan fingerprint density at radius 2 is 0.800 bits per heavy atom. The molecule has 3 radical (unpaired) electrons. The Labute approximate surface area is 173 Å². The van der Waals surface area contributed by atoms with Crippen molar-refractivity contribution in [2.24, 2.45) is 10.8 Å². The maximum absolute atomic E-state index is 2.40. The first-order chi connectivity index (χ1) is 5.21. The second kappa shape index (κ2) is 12.4. The third-order valence-corrected chi connectivity index (χ3v) is 1.68. The summed E-state index contributed by atoms with van der Waals surface area (Å²) in [5, 5.41) is 0. The molecule has 0 saturated heterocycles. The fourth-order valence-corrected chi connectivity index (χ4v) is 1.03. The van der Waals surface area contributed by atoms with Crippen LogP contribution in [0, 0.1) is 23.7 Å². The van der Waals surface area contributed by atoms with E-state index in [0.717, 1.165) is 0 Å². The van der Waals surface area contributed by atoms with Crippen molar-refractivity contribution in [3.63, 3.8) is 0 Å². The van der Waals surface area contributed by atoms with Gasteiger partial charge in [0.1, 0.15) is 0 Å².